The number of benzene rings is 5. The molecule has 0 fully saturated rings. The van der Waals surface area contributed by atoms with Gasteiger partial charge < -0.3 is 24.0 Å². The average Bonchev–Trinajstić information content (AvgIpc) is 3.68. The molecular formula is C43H37N5O7. The van der Waals surface area contributed by atoms with Crippen molar-refractivity contribution in [1.82, 2.24) is 0 Å². The molecule has 55 heavy (non-hydrogen) atoms. The summed E-state index contributed by atoms with van der Waals surface area (Å²) < 4.78 is 18.2. The van der Waals surface area contributed by atoms with Crippen LogP contribution in [0.2, 0.25) is 0 Å². The summed E-state index contributed by atoms with van der Waals surface area (Å²) in [5.41, 5.74) is 8.12. The topological polar surface area (TPSA) is 127 Å². The maximum Gasteiger partial charge on any atom is 0.270 e. The summed E-state index contributed by atoms with van der Waals surface area (Å²) in [6.45, 7) is 2.59. The maximum absolute atomic E-state index is 13.9. The second-order valence-corrected chi connectivity index (χ2v) is 14.4. The third-order valence-corrected chi connectivity index (χ3v) is 10.9. The average molecular weight is 736 g/mol. The van der Waals surface area contributed by atoms with Crippen LogP contribution in [0.15, 0.2) is 96.0 Å². The van der Waals surface area contributed by atoms with Gasteiger partial charge in [-0.25, -0.2) is 0 Å². The van der Waals surface area contributed by atoms with Crippen LogP contribution in [0.1, 0.15) is 48.5 Å². The molecule has 9 rings (SSSR count). The van der Waals surface area contributed by atoms with E-state index in [1.807, 2.05) is 73.5 Å². The minimum absolute atomic E-state index is 0.0187. The molecule has 4 heterocycles. The number of methoxy groups -OCH3 is 1. The Morgan fingerprint density at radius 3 is 2.13 bits per heavy atom. The van der Waals surface area contributed by atoms with Gasteiger partial charge in [0.1, 0.15) is 19.0 Å². The Bertz CT molecular complexity index is 2460. The van der Waals surface area contributed by atoms with Crippen molar-refractivity contribution in [2.24, 2.45) is 4.99 Å². The highest BCUT2D eigenvalue weighted by Gasteiger charge is 2.39. The molecule has 0 aliphatic carbocycles. The molecule has 0 N–H and O–H groups in total. The highest BCUT2D eigenvalue weighted by molar-refractivity contribution is 6.15. The maximum atomic E-state index is 13.9. The number of nitrogens with zero attached hydrogens (tertiary/aromatic N) is 5. The summed E-state index contributed by atoms with van der Waals surface area (Å²) in [5, 5.41) is 12.0. The summed E-state index contributed by atoms with van der Waals surface area (Å²) in [6, 6.07) is 27.5. The summed E-state index contributed by atoms with van der Waals surface area (Å²) in [6.07, 6.45) is 3.26. The number of carbonyl (C=O) groups excluding carboxylic acids is 2. The molecule has 0 saturated heterocycles. The standard InChI is InChI=1S/C43H37N5O7/c1-25-12-34-38(45(2)22-32-17-29-9-5-7-11-37(29)47(32)43(34)50)20-39(25)54-23-26-13-27(15-30(14-26)48(51)52)24-55-41-19-35-33(18-40(41)53-3)42(49)46-31(21-44-35)16-28-8-4-6-10-36(28)46/h4-15,18-21,31-32H,16-17,22-24H2,1-3H3/t31-,32-/m0/s1. The molecule has 2 atom stereocenters. The van der Waals surface area contributed by atoms with Crippen molar-refractivity contribution in [3.8, 4) is 17.2 Å². The number of carbonyl (C=O) groups is 2. The third-order valence-electron chi connectivity index (χ3n) is 10.9. The highest BCUT2D eigenvalue weighted by atomic mass is 16.6. The monoisotopic (exact) mass is 735 g/mol. The molecule has 5 aromatic carbocycles. The Kier molecular flexibility index (Phi) is 8.25. The molecule has 0 unspecified atom stereocenters. The molecule has 0 radical (unpaired) electrons. The number of ether oxygens (including phenoxy) is 3. The molecule has 0 bridgehead atoms. The molecule has 4 aliphatic heterocycles. The number of fused-ring (bicyclic) bond motifs is 8. The van der Waals surface area contributed by atoms with Crippen LogP contribution in [0.25, 0.3) is 0 Å². The number of para-hydroxylation sites is 2. The van der Waals surface area contributed by atoms with E-state index in [-0.39, 0.29) is 42.8 Å². The number of aliphatic imine (C=N–C) groups is 1. The van der Waals surface area contributed by atoms with E-state index >= 15 is 0 Å². The lowest BCUT2D eigenvalue weighted by molar-refractivity contribution is -0.385. The highest BCUT2D eigenvalue weighted by Crippen LogP contribution is 2.42. The number of likely N-dealkylation sites (N-methyl/N-ethyl adjacent to an activating group) is 1. The van der Waals surface area contributed by atoms with Crippen LogP contribution in [-0.2, 0) is 26.1 Å². The molecule has 0 spiro atoms. The van der Waals surface area contributed by atoms with Crippen LogP contribution in [0, 0.1) is 17.0 Å². The lowest BCUT2D eigenvalue weighted by Crippen LogP contribution is -2.41. The summed E-state index contributed by atoms with van der Waals surface area (Å²) in [5.74, 6) is 1.06. The number of anilines is 3. The second kappa shape index (κ2) is 13.3. The van der Waals surface area contributed by atoms with Crippen molar-refractivity contribution in [2.75, 3.05) is 35.4 Å². The predicted octanol–water partition coefficient (Wildman–Crippen LogP) is 7.38. The van der Waals surface area contributed by atoms with Gasteiger partial charge >= 0.3 is 0 Å². The molecule has 0 saturated carbocycles. The Hall–Kier alpha value is -6.69. The Morgan fingerprint density at radius 2 is 1.42 bits per heavy atom. The first kappa shape index (κ1) is 34.1. The molecule has 276 valence electrons. The largest absolute Gasteiger partial charge is 0.493 e. The zero-order valence-corrected chi connectivity index (χ0v) is 30.5. The van der Waals surface area contributed by atoms with Crippen molar-refractivity contribution in [3.05, 3.63) is 140 Å². The first-order valence-electron chi connectivity index (χ1n) is 18.1. The van der Waals surface area contributed by atoms with Crippen molar-refractivity contribution in [2.45, 2.75) is 45.1 Å². The summed E-state index contributed by atoms with van der Waals surface area (Å²) in [4.78, 5) is 49.8. The summed E-state index contributed by atoms with van der Waals surface area (Å²) >= 11 is 0. The SMILES string of the molecule is COc1cc2c(cc1OCc1cc(COc3cc4c(cc3C)C(=O)N3c5ccccc5C[C@H]3CN4C)cc([N+](=O)[O-])c1)N=C[C@@H]1Cc3ccccc3N1C2=O. The number of hydrogen-bond donors (Lipinski definition) is 0. The van der Waals surface area contributed by atoms with Gasteiger partial charge in [-0.3, -0.25) is 29.6 Å². The van der Waals surface area contributed by atoms with Crippen molar-refractivity contribution in [3.63, 3.8) is 0 Å². The normalized spacial score (nSPS) is 17.7. The minimum Gasteiger partial charge on any atom is -0.493 e. The number of amides is 2. The molecule has 2 amide bonds. The van der Waals surface area contributed by atoms with Crippen molar-refractivity contribution in [1.29, 1.82) is 0 Å². The van der Waals surface area contributed by atoms with Gasteiger partial charge in [-0.05, 0) is 71.5 Å². The Balaban J connectivity index is 0.946. The van der Waals surface area contributed by atoms with E-state index < -0.39 is 4.92 Å². The van der Waals surface area contributed by atoms with Crippen LogP contribution in [0.3, 0.4) is 0 Å². The van der Waals surface area contributed by atoms with E-state index in [2.05, 4.69) is 16.0 Å². The molecule has 12 nitrogen and oxygen atoms in total. The minimum atomic E-state index is -0.445. The van der Waals surface area contributed by atoms with E-state index in [1.165, 1.54) is 24.8 Å². The summed E-state index contributed by atoms with van der Waals surface area (Å²) in [7, 11) is 3.48. The zero-order valence-electron chi connectivity index (χ0n) is 30.5. The third kappa shape index (κ3) is 5.90. The quantitative estimate of drug-likeness (QED) is 0.119. The first-order chi connectivity index (χ1) is 26.7. The first-order valence-corrected chi connectivity index (χ1v) is 18.1. The fraction of sp³-hybridized carbons (Fsp3) is 0.233. The molecule has 4 aliphatic rings. The van der Waals surface area contributed by atoms with Crippen LogP contribution in [-0.4, -0.2) is 55.7 Å². The van der Waals surface area contributed by atoms with Crippen molar-refractivity contribution >= 4 is 46.5 Å². The van der Waals surface area contributed by atoms with Gasteiger partial charge in [0.15, 0.2) is 11.5 Å². The smallest absolute Gasteiger partial charge is 0.270 e. The number of hydrogen-bond acceptors (Lipinski definition) is 9. The molecule has 5 aromatic rings. The number of non-ortho nitro benzene ring substituents is 1. The molecule has 0 aromatic heterocycles. The van der Waals surface area contributed by atoms with Crippen LogP contribution >= 0.6 is 0 Å². The van der Waals surface area contributed by atoms with E-state index in [9.17, 15) is 19.7 Å². The fourth-order valence-corrected chi connectivity index (χ4v) is 8.27. The lowest BCUT2D eigenvalue weighted by atomic mass is 10.1. The number of rotatable bonds is 8. The number of nitro groups is 1. The van der Waals surface area contributed by atoms with E-state index in [4.69, 9.17) is 14.2 Å². The van der Waals surface area contributed by atoms with E-state index in [0.29, 0.717) is 58.2 Å². The number of aryl methyl sites for hydroxylation is 1. The van der Waals surface area contributed by atoms with Crippen LogP contribution in [0.4, 0.5) is 28.4 Å². The molecular weight excluding hydrogens is 699 g/mol. The Morgan fingerprint density at radius 1 is 0.764 bits per heavy atom. The van der Waals surface area contributed by atoms with Gasteiger partial charge in [-0.15, -0.1) is 0 Å². The predicted molar refractivity (Wildman–Crippen MR) is 209 cm³/mol. The van der Waals surface area contributed by atoms with Crippen molar-refractivity contribution < 1.29 is 28.7 Å². The van der Waals surface area contributed by atoms with Gasteiger partial charge in [-0.2, -0.15) is 0 Å². The van der Waals surface area contributed by atoms with Gasteiger partial charge in [0.05, 0.1) is 46.6 Å². The van der Waals surface area contributed by atoms with E-state index in [0.717, 1.165) is 34.6 Å². The van der Waals surface area contributed by atoms with Gasteiger partial charge in [-0.1, -0.05) is 36.4 Å². The fourth-order valence-electron chi connectivity index (χ4n) is 8.27. The Labute approximate surface area is 317 Å². The second-order valence-electron chi connectivity index (χ2n) is 14.4. The van der Waals surface area contributed by atoms with Crippen LogP contribution < -0.4 is 28.9 Å². The van der Waals surface area contributed by atoms with Gasteiger partial charge in [0.25, 0.3) is 17.5 Å². The van der Waals surface area contributed by atoms with Gasteiger partial charge in [0, 0.05) is 61.9 Å². The molecule has 12 heteroatoms. The zero-order chi connectivity index (χ0) is 38.0. The number of nitro benzene ring substituents is 1. The lowest BCUT2D eigenvalue weighted by Gasteiger charge is -2.25. The van der Waals surface area contributed by atoms with Gasteiger partial charge in [0.2, 0.25) is 0 Å². The van der Waals surface area contributed by atoms with E-state index in [1.54, 1.807) is 29.3 Å². The van der Waals surface area contributed by atoms with Crippen LogP contribution in [0.5, 0.6) is 17.2 Å².